The number of aliphatic hydroxyl groups excluding tert-OH is 1. The monoisotopic (exact) mass is 305 g/mol. The molecule has 0 radical (unpaired) electrons. The van der Waals surface area contributed by atoms with Gasteiger partial charge < -0.3 is 15.2 Å². The molecular weight excluding hydrogens is 278 g/mol. The highest BCUT2D eigenvalue weighted by atomic mass is 16.5. The molecular formula is C18H27NO3. The Bertz CT molecular complexity index is 443. The first kappa shape index (κ1) is 17.0. The lowest BCUT2D eigenvalue weighted by molar-refractivity contribution is -0.126. The van der Waals surface area contributed by atoms with Crippen molar-refractivity contribution < 1.29 is 14.6 Å². The molecule has 2 rings (SSSR count). The van der Waals surface area contributed by atoms with Gasteiger partial charge in [-0.15, -0.1) is 0 Å². The molecule has 1 aromatic carbocycles. The largest absolute Gasteiger partial charge is 0.389 e. The smallest absolute Gasteiger partial charge is 0.223 e. The van der Waals surface area contributed by atoms with Crippen LogP contribution in [0.2, 0.25) is 0 Å². The van der Waals surface area contributed by atoms with Gasteiger partial charge in [0.25, 0.3) is 0 Å². The van der Waals surface area contributed by atoms with Gasteiger partial charge in [-0.05, 0) is 25.3 Å². The fraction of sp³-hybridized carbons (Fsp3) is 0.611. The summed E-state index contributed by atoms with van der Waals surface area (Å²) in [5, 5.41) is 12.8. The highest BCUT2D eigenvalue weighted by Gasteiger charge is 2.21. The van der Waals surface area contributed by atoms with Crippen LogP contribution in [-0.4, -0.2) is 30.3 Å². The van der Waals surface area contributed by atoms with Gasteiger partial charge in [0.05, 0.1) is 18.8 Å². The predicted octanol–water partition coefficient (Wildman–Crippen LogP) is 2.82. The van der Waals surface area contributed by atoms with Crippen LogP contribution in [0, 0.1) is 5.92 Å². The number of hydrogen-bond acceptors (Lipinski definition) is 3. The van der Waals surface area contributed by atoms with E-state index in [1.807, 2.05) is 37.3 Å². The van der Waals surface area contributed by atoms with Gasteiger partial charge in [-0.25, -0.2) is 0 Å². The van der Waals surface area contributed by atoms with Crippen molar-refractivity contribution in [3.05, 3.63) is 35.9 Å². The van der Waals surface area contributed by atoms with E-state index in [0.717, 1.165) is 31.2 Å². The average molecular weight is 305 g/mol. The minimum Gasteiger partial charge on any atom is -0.389 e. The topological polar surface area (TPSA) is 58.6 Å². The molecule has 4 nitrogen and oxygen atoms in total. The van der Waals surface area contributed by atoms with Gasteiger partial charge in [0.2, 0.25) is 5.91 Å². The van der Waals surface area contributed by atoms with Crippen LogP contribution in [0.15, 0.2) is 30.3 Å². The second-order valence-corrected chi connectivity index (χ2v) is 6.12. The van der Waals surface area contributed by atoms with Crippen LogP contribution in [0.5, 0.6) is 0 Å². The number of carbonyl (C=O) groups is 1. The summed E-state index contributed by atoms with van der Waals surface area (Å²) in [6, 6.07) is 9.90. The summed E-state index contributed by atoms with van der Waals surface area (Å²) in [7, 11) is 0. The summed E-state index contributed by atoms with van der Waals surface area (Å²) in [4.78, 5) is 12.0. The van der Waals surface area contributed by atoms with Crippen molar-refractivity contribution in [3.63, 3.8) is 0 Å². The van der Waals surface area contributed by atoms with Crippen LogP contribution in [0.25, 0.3) is 0 Å². The molecule has 1 saturated carbocycles. The van der Waals surface area contributed by atoms with Gasteiger partial charge in [-0.2, -0.15) is 0 Å². The van der Waals surface area contributed by atoms with Gasteiger partial charge in [-0.3, -0.25) is 4.79 Å². The van der Waals surface area contributed by atoms with E-state index in [-0.39, 0.29) is 31.1 Å². The lowest BCUT2D eigenvalue weighted by atomic mass is 9.89. The Labute approximate surface area is 132 Å². The SMILES string of the molecule is C[C@H](OC[C@H](O)CNC(=O)C1CCCCC1)c1ccccc1. The molecule has 4 heteroatoms. The molecule has 2 atom stereocenters. The zero-order valence-corrected chi connectivity index (χ0v) is 13.3. The Hall–Kier alpha value is -1.39. The molecule has 1 aliphatic carbocycles. The van der Waals surface area contributed by atoms with Crippen molar-refractivity contribution in [3.8, 4) is 0 Å². The number of nitrogens with one attached hydrogen (secondary N) is 1. The molecule has 1 amide bonds. The van der Waals surface area contributed by atoms with Crippen LogP contribution in [0.3, 0.4) is 0 Å². The Morgan fingerprint density at radius 1 is 1.27 bits per heavy atom. The second kappa shape index (κ2) is 8.91. The van der Waals surface area contributed by atoms with E-state index in [9.17, 15) is 9.90 Å². The highest BCUT2D eigenvalue weighted by Crippen LogP contribution is 2.23. The van der Waals surface area contributed by atoms with Crippen molar-refractivity contribution in [2.75, 3.05) is 13.2 Å². The van der Waals surface area contributed by atoms with Gasteiger partial charge >= 0.3 is 0 Å². The van der Waals surface area contributed by atoms with Gasteiger partial charge in [0.15, 0.2) is 0 Å². The van der Waals surface area contributed by atoms with Crippen molar-refractivity contribution >= 4 is 5.91 Å². The maximum absolute atomic E-state index is 12.0. The van der Waals surface area contributed by atoms with Crippen LogP contribution in [0.4, 0.5) is 0 Å². The van der Waals surface area contributed by atoms with E-state index < -0.39 is 6.10 Å². The normalized spacial score (nSPS) is 18.6. The third-order valence-electron chi connectivity index (χ3n) is 4.30. The van der Waals surface area contributed by atoms with Gasteiger partial charge in [-0.1, -0.05) is 49.6 Å². The minimum atomic E-state index is -0.668. The zero-order valence-electron chi connectivity index (χ0n) is 13.3. The average Bonchev–Trinajstić information content (AvgIpc) is 2.59. The fourth-order valence-corrected chi connectivity index (χ4v) is 2.86. The first-order chi connectivity index (χ1) is 10.7. The number of rotatable bonds is 7. The van der Waals surface area contributed by atoms with E-state index in [1.54, 1.807) is 0 Å². The fourth-order valence-electron chi connectivity index (χ4n) is 2.86. The van der Waals surface area contributed by atoms with Crippen molar-refractivity contribution in [2.24, 2.45) is 5.92 Å². The molecule has 0 spiro atoms. The molecule has 1 fully saturated rings. The molecule has 122 valence electrons. The van der Waals surface area contributed by atoms with Crippen LogP contribution < -0.4 is 5.32 Å². The molecule has 0 unspecified atom stereocenters. The maximum Gasteiger partial charge on any atom is 0.223 e. The predicted molar refractivity (Wildman–Crippen MR) is 86.4 cm³/mol. The van der Waals surface area contributed by atoms with E-state index in [1.165, 1.54) is 6.42 Å². The first-order valence-corrected chi connectivity index (χ1v) is 8.29. The third kappa shape index (κ3) is 5.43. The molecule has 22 heavy (non-hydrogen) atoms. The molecule has 0 bridgehead atoms. The number of carbonyl (C=O) groups excluding carboxylic acids is 1. The van der Waals surface area contributed by atoms with E-state index in [0.29, 0.717) is 0 Å². The quantitative estimate of drug-likeness (QED) is 0.814. The Balaban J connectivity index is 1.65. The van der Waals surface area contributed by atoms with Crippen LogP contribution >= 0.6 is 0 Å². The van der Waals surface area contributed by atoms with Gasteiger partial charge in [0.1, 0.15) is 0 Å². The summed E-state index contributed by atoms with van der Waals surface area (Å²) in [6.07, 6.45) is 4.73. The summed E-state index contributed by atoms with van der Waals surface area (Å²) in [5.74, 6) is 0.208. The Kier molecular flexibility index (Phi) is 6.87. The number of ether oxygens (including phenoxy) is 1. The third-order valence-corrected chi connectivity index (χ3v) is 4.30. The number of hydrogen-bond donors (Lipinski definition) is 2. The van der Waals surface area contributed by atoms with E-state index in [4.69, 9.17) is 4.74 Å². The summed E-state index contributed by atoms with van der Waals surface area (Å²) >= 11 is 0. The summed E-state index contributed by atoms with van der Waals surface area (Å²) in [5.41, 5.74) is 1.08. The molecule has 1 aromatic rings. The molecule has 2 N–H and O–H groups in total. The Morgan fingerprint density at radius 2 is 1.95 bits per heavy atom. The standard InChI is InChI=1S/C18H27NO3/c1-14(15-8-4-2-5-9-15)22-13-17(20)12-19-18(21)16-10-6-3-7-11-16/h2,4-5,8-9,14,16-17,20H,3,6-7,10-13H2,1H3,(H,19,21)/t14-,17+/m0/s1. The molecule has 1 aliphatic rings. The Morgan fingerprint density at radius 3 is 2.64 bits per heavy atom. The van der Waals surface area contributed by atoms with Crippen molar-refractivity contribution in [1.29, 1.82) is 0 Å². The number of amides is 1. The van der Waals surface area contributed by atoms with E-state index in [2.05, 4.69) is 5.32 Å². The molecule has 0 aromatic heterocycles. The first-order valence-electron chi connectivity index (χ1n) is 8.29. The number of aliphatic hydroxyl groups is 1. The number of benzene rings is 1. The molecule has 0 aliphatic heterocycles. The molecule has 0 heterocycles. The van der Waals surface area contributed by atoms with Crippen molar-refractivity contribution in [2.45, 2.75) is 51.2 Å². The van der Waals surface area contributed by atoms with E-state index >= 15 is 0 Å². The van der Waals surface area contributed by atoms with Crippen LogP contribution in [-0.2, 0) is 9.53 Å². The molecule has 0 saturated heterocycles. The zero-order chi connectivity index (χ0) is 15.8. The summed E-state index contributed by atoms with van der Waals surface area (Å²) in [6.45, 7) is 2.44. The highest BCUT2D eigenvalue weighted by molar-refractivity contribution is 5.78. The summed E-state index contributed by atoms with van der Waals surface area (Å²) < 4.78 is 5.67. The lowest BCUT2D eigenvalue weighted by Gasteiger charge is -2.22. The maximum atomic E-state index is 12.0. The second-order valence-electron chi connectivity index (χ2n) is 6.12. The van der Waals surface area contributed by atoms with Gasteiger partial charge in [0, 0.05) is 12.5 Å². The van der Waals surface area contributed by atoms with Crippen molar-refractivity contribution in [1.82, 2.24) is 5.32 Å². The van der Waals surface area contributed by atoms with Crippen LogP contribution in [0.1, 0.15) is 50.7 Å². The lowest BCUT2D eigenvalue weighted by Crippen LogP contribution is -2.38. The minimum absolute atomic E-state index is 0.0649.